The van der Waals surface area contributed by atoms with E-state index in [9.17, 15) is 0 Å². The quantitative estimate of drug-likeness (QED) is 0.545. The van der Waals surface area contributed by atoms with E-state index in [-0.39, 0.29) is 0 Å². The number of hydrogen-bond donors (Lipinski definition) is 1. The molecule has 0 saturated carbocycles. The zero-order valence-corrected chi connectivity index (χ0v) is 15.0. The van der Waals surface area contributed by atoms with Crippen molar-refractivity contribution in [3.8, 4) is 17.1 Å². The van der Waals surface area contributed by atoms with Gasteiger partial charge in [0.25, 0.3) is 0 Å². The van der Waals surface area contributed by atoms with Crippen molar-refractivity contribution in [2.45, 2.75) is 6.54 Å². The van der Waals surface area contributed by atoms with Crippen LogP contribution < -0.4 is 10.1 Å². The zero-order chi connectivity index (χ0) is 17.1. The summed E-state index contributed by atoms with van der Waals surface area (Å²) in [5.41, 5.74) is 1.64. The third kappa shape index (κ3) is 3.81. The van der Waals surface area contributed by atoms with E-state index >= 15 is 0 Å². The molecule has 0 fully saturated rings. The Morgan fingerprint density at radius 3 is 2.54 bits per heavy atom. The minimum Gasteiger partial charge on any atom is -0.495 e. The molecule has 2 aromatic carbocycles. The van der Waals surface area contributed by atoms with E-state index in [1.54, 1.807) is 31.4 Å². The summed E-state index contributed by atoms with van der Waals surface area (Å²) in [6.45, 7) is 0.515. The minimum absolute atomic E-state index is 0.515. The summed E-state index contributed by atoms with van der Waals surface area (Å²) in [6, 6.07) is 14.5. The SMILES string of the molecule is COc1ccc(NCc2ccc(-c3cc(Cl)ccc3Cl)o2)cc1Cl. The summed E-state index contributed by atoms with van der Waals surface area (Å²) in [6.07, 6.45) is 0. The van der Waals surface area contributed by atoms with Crippen LogP contribution in [0.1, 0.15) is 5.76 Å². The van der Waals surface area contributed by atoms with Crippen molar-refractivity contribution in [1.29, 1.82) is 0 Å². The van der Waals surface area contributed by atoms with Crippen molar-refractivity contribution in [2.24, 2.45) is 0 Å². The lowest BCUT2D eigenvalue weighted by Crippen LogP contribution is -1.98. The van der Waals surface area contributed by atoms with E-state index < -0.39 is 0 Å². The molecule has 0 amide bonds. The first-order chi connectivity index (χ1) is 11.6. The minimum atomic E-state index is 0.515. The normalized spacial score (nSPS) is 10.7. The smallest absolute Gasteiger partial charge is 0.137 e. The van der Waals surface area contributed by atoms with Crippen molar-refractivity contribution in [3.05, 3.63) is 69.4 Å². The first kappa shape index (κ1) is 17.0. The lowest BCUT2D eigenvalue weighted by Gasteiger charge is -2.08. The molecule has 1 heterocycles. The number of furan rings is 1. The van der Waals surface area contributed by atoms with Gasteiger partial charge in [0.05, 0.1) is 23.7 Å². The standard InChI is InChI=1S/C18H14Cl3NO2/c1-23-18-6-3-12(9-16(18)21)22-10-13-4-7-17(24-13)14-8-11(19)2-5-15(14)20/h2-9,22H,10H2,1H3. The Morgan fingerprint density at radius 1 is 0.958 bits per heavy atom. The van der Waals surface area contributed by atoms with Crippen LogP contribution in [0.3, 0.4) is 0 Å². The summed E-state index contributed by atoms with van der Waals surface area (Å²) in [7, 11) is 1.58. The van der Waals surface area contributed by atoms with E-state index in [2.05, 4.69) is 5.32 Å². The lowest BCUT2D eigenvalue weighted by atomic mass is 10.2. The van der Waals surface area contributed by atoms with Gasteiger partial charge >= 0.3 is 0 Å². The van der Waals surface area contributed by atoms with E-state index in [0.29, 0.717) is 33.1 Å². The van der Waals surface area contributed by atoms with Crippen LogP contribution >= 0.6 is 34.8 Å². The lowest BCUT2D eigenvalue weighted by molar-refractivity contribution is 0.415. The first-order valence-corrected chi connectivity index (χ1v) is 8.32. The molecule has 0 aliphatic rings. The highest BCUT2D eigenvalue weighted by Crippen LogP contribution is 2.32. The Bertz CT molecular complexity index is 861. The third-order valence-corrected chi connectivity index (χ3v) is 4.33. The molecular weight excluding hydrogens is 369 g/mol. The molecule has 0 saturated heterocycles. The molecule has 6 heteroatoms. The van der Waals surface area contributed by atoms with Crippen LogP contribution in [-0.2, 0) is 6.54 Å². The highest BCUT2D eigenvalue weighted by atomic mass is 35.5. The third-order valence-electron chi connectivity index (χ3n) is 3.47. The molecule has 0 spiro atoms. The van der Waals surface area contributed by atoms with Crippen LogP contribution in [0.25, 0.3) is 11.3 Å². The maximum atomic E-state index is 6.20. The Kier molecular flexibility index (Phi) is 5.24. The van der Waals surface area contributed by atoms with Crippen molar-refractivity contribution < 1.29 is 9.15 Å². The molecule has 0 aliphatic heterocycles. The summed E-state index contributed by atoms with van der Waals surface area (Å²) < 4.78 is 11.0. The van der Waals surface area contributed by atoms with Gasteiger partial charge in [-0.15, -0.1) is 0 Å². The number of ether oxygens (including phenoxy) is 1. The molecule has 1 aromatic heterocycles. The van der Waals surface area contributed by atoms with Gasteiger partial charge < -0.3 is 14.5 Å². The van der Waals surface area contributed by atoms with Gasteiger partial charge in [-0.3, -0.25) is 0 Å². The van der Waals surface area contributed by atoms with Crippen molar-refractivity contribution in [1.82, 2.24) is 0 Å². The van der Waals surface area contributed by atoms with Crippen LogP contribution in [0.15, 0.2) is 52.9 Å². The van der Waals surface area contributed by atoms with E-state index in [1.807, 2.05) is 24.3 Å². The predicted molar refractivity (Wildman–Crippen MR) is 99.5 cm³/mol. The van der Waals surface area contributed by atoms with Crippen LogP contribution in [0, 0.1) is 0 Å². The second kappa shape index (κ2) is 7.39. The fourth-order valence-electron chi connectivity index (χ4n) is 2.27. The van der Waals surface area contributed by atoms with Gasteiger partial charge in [0.1, 0.15) is 17.3 Å². The Labute approximate surface area is 155 Å². The van der Waals surface area contributed by atoms with E-state index in [4.69, 9.17) is 44.0 Å². The highest BCUT2D eigenvalue weighted by Gasteiger charge is 2.10. The number of benzene rings is 2. The molecule has 0 aliphatic carbocycles. The Hall–Kier alpha value is -1.81. The molecule has 0 bridgehead atoms. The van der Waals surface area contributed by atoms with E-state index in [0.717, 1.165) is 17.0 Å². The fraction of sp³-hybridized carbons (Fsp3) is 0.111. The van der Waals surface area contributed by atoms with Gasteiger partial charge in [0, 0.05) is 16.3 Å². The van der Waals surface area contributed by atoms with Gasteiger partial charge in [0.15, 0.2) is 0 Å². The number of nitrogens with one attached hydrogen (secondary N) is 1. The Morgan fingerprint density at radius 2 is 1.79 bits per heavy atom. The highest BCUT2D eigenvalue weighted by molar-refractivity contribution is 6.35. The van der Waals surface area contributed by atoms with Crippen molar-refractivity contribution in [2.75, 3.05) is 12.4 Å². The van der Waals surface area contributed by atoms with Crippen LogP contribution in [-0.4, -0.2) is 7.11 Å². The summed E-state index contributed by atoms with van der Waals surface area (Å²) in [5, 5.41) is 5.00. The maximum Gasteiger partial charge on any atom is 0.137 e. The van der Waals surface area contributed by atoms with Crippen molar-refractivity contribution in [3.63, 3.8) is 0 Å². The fourth-order valence-corrected chi connectivity index (χ4v) is 2.91. The largest absolute Gasteiger partial charge is 0.495 e. The zero-order valence-electron chi connectivity index (χ0n) is 12.8. The topological polar surface area (TPSA) is 34.4 Å². The van der Waals surface area contributed by atoms with Gasteiger partial charge in [-0.05, 0) is 48.5 Å². The molecule has 124 valence electrons. The molecule has 3 aromatic rings. The van der Waals surface area contributed by atoms with E-state index in [1.165, 1.54) is 0 Å². The molecule has 24 heavy (non-hydrogen) atoms. The molecule has 3 nitrogen and oxygen atoms in total. The average molecular weight is 383 g/mol. The predicted octanol–water partition coefficient (Wildman–Crippen LogP) is 6.53. The summed E-state index contributed by atoms with van der Waals surface area (Å²) in [4.78, 5) is 0. The van der Waals surface area contributed by atoms with Gasteiger partial charge in [-0.2, -0.15) is 0 Å². The Balaban J connectivity index is 1.72. The monoisotopic (exact) mass is 381 g/mol. The van der Waals surface area contributed by atoms with Gasteiger partial charge in [-0.25, -0.2) is 0 Å². The number of halogens is 3. The molecule has 1 N–H and O–H groups in total. The van der Waals surface area contributed by atoms with Crippen LogP contribution in [0.2, 0.25) is 15.1 Å². The number of methoxy groups -OCH3 is 1. The molecule has 0 unspecified atom stereocenters. The second-order valence-electron chi connectivity index (χ2n) is 5.09. The second-order valence-corrected chi connectivity index (χ2v) is 6.34. The molecule has 0 atom stereocenters. The van der Waals surface area contributed by atoms with Crippen LogP contribution in [0.4, 0.5) is 5.69 Å². The number of hydrogen-bond acceptors (Lipinski definition) is 3. The molecule has 3 rings (SSSR count). The van der Waals surface area contributed by atoms with Crippen LogP contribution in [0.5, 0.6) is 5.75 Å². The van der Waals surface area contributed by atoms with Gasteiger partial charge in [0.2, 0.25) is 0 Å². The number of rotatable bonds is 5. The number of anilines is 1. The molecule has 0 radical (unpaired) electrons. The van der Waals surface area contributed by atoms with Crippen molar-refractivity contribution >= 4 is 40.5 Å². The maximum absolute atomic E-state index is 6.20. The summed E-state index contributed by atoms with van der Waals surface area (Å²) >= 11 is 18.3. The van der Waals surface area contributed by atoms with Gasteiger partial charge in [-0.1, -0.05) is 34.8 Å². The average Bonchev–Trinajstić information content (AvgIpc) is 3.04. The summed E-state index contributed by atoms with van der Waals surface area (Å²) in [5.74, 6) is 2.08. The first-order valence-electron chi connectivity index (χ1n) is 7.18. The molecular formula is C18H14Cl3NO2.